The molecule has 3 atom stereocenters. The summed E-state index contributed by atoms with van der Waals surface area (Å²) in [5, 5.41) is 3.02. The van der Waals surface area contributed by atoms with Crippen LogP contribution in [0.1, 0.15) is 58.8 Å². The average molecular weight is 408 g/mol. The minimum atomic E-state index is -0.562. The van der Waals surface area contributed by atoms with Gasteiger partial charge in [-0.1, -0.05) is 52.7 Å². The lowest BCUT2D eigenvalue weighted by atomic mass is 9.67. The summed E-state index contributed by atoms with van der Waals surface area (Å²) >= 11 is 0. The standard InChI is InChI=1S/C24H38FNO3/c1-17(2)19(4)23(15-18(3)25)29-14-13-28-12-11-26-24(27)22-10-9-20-7-5-6-8-21(20)16-22/h15,17,20-22H,3-14,16H2,1-2H3,(H,26,27)/b23-15+. The molecule has 0 aromatic rings. The van der Waals surface area contributed by atoms with E-state index in [0.29, 0.717) is 32.1 Å². The Morgan fingerprint density at radius 2 is 1.83 bits per heavy atom. The molecule has 0 aromatic heterocycles. The van der Waals surface area contributed by atoms with Gasteiger partial charge in [0.15, 0.2) is 0 Å². The van der Waals surface area contributed by atoms with Gasteiger partial charge in [-0.25, -0.2) is 4.39 Å². The predicted octanol–water partition coefficient (Wildman–Crippen LogP) is 5.32. The Morgan fingerprint density at radius 3 is 2.52 bits per heavy atom. The fourth-order valence-electron chi connectivity index (χ4n) is 4.47. The van der Waals surface area contributed by atoms with Gasteiger partial charge < -0.3 is 14.8 Å². The Kier molecular flexibility index (Phi) is 9.92. The Hall–Kier alpha value is -1.62. The van der Waals surface area contributed by atoms with Crippen molar-refractivity contribution in [3.8, 4) is 0 Å². The average Bonchev–Trinajstić information content (AvgIpc) is 2.70. The monoisotopic (exact) mass is 407 g/mol. The van der Waals surface area contributed by atoms with E-state index in [1.54, 1.807) is 0 Å². The molecule has 0 aliphatic heterocycles. The molecule has 2 aliphatic rings. The molecule has 5 heteroatoms. The van der Waals surface area contributed by atoms with Gasteiger partial charge in [-0.15, -0.1) is 0 Å². The van der Waals surface area contributed by atoms with Crippen LogP contribution in [0.3, 0.4) is 0 Å². The van der Waals surface area contributed by atoms with Gasteiger partial charge >= 0.3 is 0 Å². The summed E-state index contributed by atoms with van der Waals surface area (Å²) in [6.45, 7) is 12.7. The smallest absolute Gasteiger partial charge is 0.223 e. The van der Waals surface area contributed by atoms with E-state index in [-0.39, 0.29) is 17.7 Å². The largest absolute Gasteiger partial charge is 0.491 e. The van der Waals surface area contributed by atoms with Crippen molar-refractivity contribution in [2.75, 3.05) is 26.4 Å². The number of hydrogen-bond donors (Lipinski definition) is 1. The molecule has 0 spiro atoms. The fourth-order valence-corrected chi connectivity index (χ4v) is 4.47. The van der Waals surface area contributed by atoms with Crippen molar-refractivity contribution >= 4 is 5.91 Å². The zero-order valence-corrected chi connectivity index (χ0v) is 18.2. The molecule has 2 saturated carbocycles. The number of ether oxygens (including phenoxy) is 2. The van der Waals surface area contributed by atoms with E-state index in [0.717, 1.165) is 30.3 Å². The number of carbonyl (C=O) groups is 1. The van der Waals surface area contributed by atoms with Crippen LogP contribution in [-0.4, -0.2) is 32.3 Å². The number of hydrogen-bond acceptors (Lipinski definition) is 3. The van der Waals surface area contributed by atoms with Crippen molar-refractivity contribution < 1.29 is 18.7 Å². The predicted molar refractivity (Wildman–Crippen MR) is 115 cm³/mol. The normalized spacial score (nSPS) is 24.7. The number of allylic oxidation sites excluding steroid dienone is 3. The summed E-state index contributed by atoms with van der Waals surface area (Å²) in [6, 6.07) is 0. The number of rotatable bonds is 11. The lowest BCUT2D eigenvalue weighted by Crippen LogP contribution is -2.38. The molecule has 1 amide bonds. The van der Waals surface area contributed by atoms with Crippen LogP contribution in [0.4, 0.5) is 4.39 Å². The summed E-state index contributed by atoms with van der Waals surface area (Å²) in [7, 11) is 0. The highest BCUT2D eigenvalue weighted by Gasteiger charge is 2.34. The van der Waals surface area contributed by atoms with Crippen LogP contribution in [0.15, 0.2) is 36.4 Å². The molecular formula is C24H38FNO3. The molecule has 1 N–H and O–H groups in total. The van der Waals surface area contributed by atoms with Crippen molar-refractivity contribution in [3.63, 3.8) is 0 Å². The van der Waals surface area contributed by atoms with Gasteiger partial charge in [0.1, 0.15) is 18.2 Å². The number of fused-ring (bicyclic) bond motifs is 1. The highest BCUT2D eigenvalue weighted by molar-refractivity contribution is 5.78. The minimum Gasteiger partial charge on any atom is -0.491 e. The van der Waals surface area contributed by atoms with E-state index < -0.39 is 5.83 Å². The van der Waals surface area contributed by atoms with Crippen LogP contribution in [-0.2, 0) is 14.3 Å². The minimum absolute atomic E-state index is 0.153. The van der Waals surface area contributed by atoms with Crippen molar-refractivity contribution in [1.82, 2.24) is 5.32 Å². The third-order valence-corrected chi connectivity index (χ3v) is 6.24. The van der Waals surface area contributed by atoms with Gasteiger partial charge in [-0.3, -0.25) is 4.79 Å². The number of carbonyl (C=O) groups excluding carboxylic acids is 1. The molecule has 2 fully saturated rings. The highest BCUT2D eigenvalue weighted by atomic mass is 19.1. The molecule has 0 bridgehead atoms. The third kappa shape index (κ3) is 7.96. The van der Waals surface area contributed by atoms with Gasteiger partial charge in [0.05, 0.1) is 13.2 Å². The van der Waals surface area contributed by atoms with Crippen molar-refractivity contribution in [3.05, 3.63) is 36.4 Å². The molecular weight excluding hydrogens is 369 g/mol. The fraction of sp³-hybridized carbons (Fsp3) is 0.708. The summed E-state index contributed by atoms with van der Waals surface area (Å²) in [4.78, 5) is 12.4. The van der Waals surface area contributed by atoms with Crippen molar-refractivity contribution in [2.45, 2.75) is 58.8 Å². The van der Waals surface area contributed by atoms with E-state index in [9.17, 15) is 9.18 Å². The van der Waals surface area contributed by atoms with E-state index in [4.69, 9.17) is 9.47 Å². The number of halogens is 1. The second-order valence-electron chi connectivity index (χ2n) is 8.70. The zero-order valence-electron chi connectivity index (χ0n) is 18.2. The number of amides is 1. The van der Waals surface area contributed by atoms with Crippen LogP contribution in [0.25, 0.3) is 0 Å². The van der Waals surface area contributed by atoms with E-state index >= 15 is 0 Å². The Labute approximate surface area is 175 Å². The second kappa shape index (κ2) is 12.2. The highest BCUT2D eigenvalue weighted by Crippen LogP contribution is 2.42. The van der Waals surface area contributed by atoms with Crippen LogP contribution in [0.2, 0.25) is 0 Å². The van der Waals surface area contributed by atoms with Gasteiger partial charge in [-0.2, -0.15) is 0 Å². The maximum Gasteiger partial charge on any atom is 0.223 e. The molecule has 29 heavy (non-hydrogen) atoms. The summed E-state index contributed by atoms with van der Waals surface area (Å²) in [6.07, 6.45) is 9.89. The second-order valence-corrected chi connectivity index (χ2v) is 8.70. The molecule has 0 heterocycles. The maximum atomic E-state index is 13.1. The van der Waals surface area contributed by atoms with Crippen LogP contribution < -0.4 is 5.32 Å². The van der Waals surface area contributed by atoms with Crippen LogP contribution in [0, 0.1) is 23.7 Å². The molecule has 164 valence electrons. The van der Waals surface area contributed by atoms with Gasteiger partial charge in [0.25, 0.3) is 0 Å². The molecule has 2 aliphatic carbocycles. The van der Waals surface area contributed by atoms with E-state index in [2.05, 4.69) is 18.5 Å². The molecule has 2 rings (SSSR count). The van der Waals surface area contributed by atoms with E-state index in [1.165, 1.54) is 38.2 Å². The molecule has 3 unspecified atom stereocenters. The van der Waals surface area contributed by atoms with Gasteiger partial charge in [0.2, 0.25) is 5.91 Å². The van der Waals surface area contributed by atoms with E-state index in [1.807, 2.05) is 13.8 Å². The first-order valence-electron chi connectivity index (χ1n) is 11.1. The summed E-state index contributed by atoms with van der Waals surface area (Å²) in [5.74, 6) is 1.95. The maximum absolute atomic E-state index is 13.1. The summed E-state index contributed by atoms with van der Waals surface area (Å²) < 4.78 is 24.2. The molecule has 0 radical (unpaired) electrons. The Morgan fingerprint density at radius 1 is 1.10 bits per heavy atom. The quantitative estimate of drug-likeness (QED) is 0.286. The van der Waals surface area contributed by atoms with Crippen LogP contribution >= 0.6 is 0 Å². The Bertz CT molecular complexity index is 599. The first-order valence-corrected chi connectivity index (χ1v) is 11.1. The van der Waals surface area contributed by atoms with Gasteiger partial charge in [0, 0.05) is 18.5 Å². The molecule has 4 nitrogen and oxygen atoms in total. The first kappa shape index (κ1) is 23.7. The molecule has 0 aromatic carbocycles. The zero-order chi connectivity index (χ0) is 21.2. The SMILES string of the molecule is C=C(F)/C=C(/OCCOCCNC(=O)C1CCC2CCCCC2C1)C(=C)C(C)C. The number of nitrogens with one attached hydrogen (secondary N) is 1. The lowest BCUT2D eigenvalue weighted by molar-refractivity contribution is -0.127. The van der Waals surface area contributed by atoms with Crippen molar-refractivity contribution in [1.29, 1.82) is 0 Å². The third-order valence-electron chi connectivity index (χ3n) is 6.24. The van der Waals surface area contributed by atoms with Crippen molar-refractivity contribution in [2.24, 2.45) is 23.7 Å². The first-order chi connectivity index (χ1) is 13.9. The lowest BCUT2D eigenvalue weighted by Gasteiger charge is -2.38. The molecule has 0 saturated heterocycles. The van der Waals surface area contributed by atoms with Gasteiger partial charge in [-0.05, 0) is 42.6 Å². The topological polar surface area (TPSA) is 47.6 Å². The summed E-state index contributed by atoms with van der Waals surface area (Å²) in [5.41, 5.74) is 0.726. The van der Waals surface area contributed by atoms with Crippen LogP contribution in [0.5, 0.6) is 0 Å². The Balaban J connectivity index is 1.59.